The molecule has 0 radical (unpaired) electrons. The second-order valence-corrected chi connectivity index (χ2v) is 9.14. The van der Waals surface area contributed by atoms with E-state index >= 15 is 0 Å². The molecule has 1 saturated heterocycles. The van der Waals surface area contributed by atoms with Crippen molar-refractivity contribution < 1.29 is 23.1 Å². The standard InChI is InChI=1S/C19H24F3N3.C7H6O2/c1-13-10-16(14-2-3-14)17(15-4-5-23-18(13)15)11-24-6-8-25(9-7-24)12-19(20,21)22;8-7(9)6-4-2-1-3-5-6/h4-5,10,14,23H,2-3,6-9,11-12H2,1H3;1-5H,(H,8,9). The number of aromatic nitrogens is 1. The van der Waals surface area contributed by atoms with Gasteiger partial charge in [-0.15, -0.1) is 0 Å². The number of hydrogen-bond donors (Lipinski definition) is 2. The van der Waals surface area contributed by atoms with Crippen LogP contribution in [0.25, 0.3) is 10.9 Å². The van der Waals surface area contributed by atoms with Crippen molar-refractivity contribution in [2.45, 2.75) is 38.4 Å². The van der Waals surface area contributed by atoms with Crippen LogP contribution in [0.3, 0.4) is 0 Å². The number of piperazine rings is 1. The molecule has 1 saturated carbocycles. The highest BCUT2D eigenvalue weighted by molar-refractivity contribution is 5.88. The molecular formula is C26H30F3N3O2. The number of nitrogens with one attached hydrogen (secondary N) is 1. The molecule has 0 atom stereocenters. The van der Waals surface area contributed by atoms with Gasteiger partial charge in [0.2, 0.25) is 0 Å². The average molecular weight is 474 g/mol. The molecule has 3 aromatic rings. The Kier molecular flexibility index (Phi) is 7.28. The monoisotopic (exact) mass is 473 g/mol. The number of carboxylic acids is 1. The maximum atomic E-state index is 12.6. The summed E-state index contributed by atoms with van der Waals surface area (Å²) in [7, 11) is 0. The number of aryl methyl sites for hydroxylation is 1. The highest BCUT2D eigenvalue weighted by Crippen LogP contribution is 2.44. The Balaban J connectivity index is 0.000000257. The molecular weight excluding hydrogens is 443 g/mol. The van der Waals surface area contributed by atoms with E-state index in [1.807, 2.05) is 6.20 Å². The first-order valence-corrected chi connectivity index (χ1v) is 11.6. The number of aromatic amines is 1. The number of aromatic carboxylic acids is 1. The number of rotatable bonds is 5. The van der Waals surface area contributed by atoms with Gasteiger partial charge in [-0.1, -0.05) is 24.3 Å². The zero-order valence-electron chi connectivity index (χ0n) is 19.2. The van der Waals surface area contributed by atoms with Crippen LogP contribution in [0.4, 0.5) is 13.2 Å². The highest BCUT2D eigenvalue weighted by Gasteiger charge is 2.33. The van der Waals surface area contributed by atoms with Gasteiger partial charge in [0.15, 0.2) is 0 Å². The molecule has 34 heavy (non-hydrogen) atoms. The molecule has 5 nitrogen and oxygen atoms in total. The maximum Gasteiger partial charge on any atom is 0.401 e. The number of carbonyl (C=O) groups is 1. The summed E-state index contributed by atoms with van der Waals surface area (Å²) in [4.78, 5) is 17.3. The van der Waals surface area contributed by atoms with Crippen LogP contribution in [-0.4, -0.2) is 64.8 Å². The van der Waals surface area contributed by atoms with Crippen molar-refractivity contribution in [1.29, 1.82) is 0 Å². The molecule has 0 spiro atoms. The number of nitrogens with zero attached hydrogens (tertiary/aromatic N) is 2. The SMILES string of the molecule is Cc1cc(C2CC2)c(CN2CCN(CC(F)(F)F)CC2)c2cc[nH]c12.O=C(O)c1ccccc1. The smallest absolute Gasteiger partial charge is 0.401 e. The molecule has 8 heteroatoms. The molecule has 1 aliphatic carbocycles. The van der Waals surface area contributed by atoms with Crippen LogP contribution in [0.2, 0.25) is 0 Å². The van der Waals surface area contributed by atoms with Crippen molar-refractivity contribution in [2.24, 2.45) is 0 Å². The zero-order valence-corrected chi connectivity index (χ0v) is 19.2. The fourth-order valence-electron chi connectivity index (χ4n) is 4.59. The van der Waals surface area contributed by atoms with E-state index in [0.717, 1.165) is 6.54 Å². The Morgan fingerprint density at radius 2 is 1.71 bits per heavy atom. The van der Waals surface area contributed by atoms with Crippen LogP contribution < -0.4 is 0 Å². The van der Waals surface area contributed by atoms with Gasteiger partial charge in [-0.2, -0.15) is 13.2 Å². The van der Waals surface area contributed by atoms with Crippen LogP contribution in [0.1, 0.15) is 45.8 Å². The average Bonchev–Trinajstić information content (AvgIpc) is 3.52. The topological polar surface area (TPSA) is 59.6 Å². The zero-order chi connectivity index (χ0) is 24.3. The Morgan fingerprint density at radius 1 is 1.06 bits per heavy atom. The minimum Gasteiger partial charge on any atom is -0.478 e. The summed E-state index contributed by atoms with van der Waals surface area (Å²) < 4.78 is 37.7. The van der Waals surface area contributed by atoms with Gasteiger partial charge >= 0.3 is 12.1 Å². The van der Waals surface area contributed by atoms with E-state index in [1.165, 1.54) is 45.3 Å². The van der Waals surface area contributed by atoms with Crippen molar-refractivity contribution in [1.82, 2.24) is 14.8 Å². The van der Waals surface area contributed by atoms with Gasteiger partial charge in [-0.3, -0.25) is 9.80 Å². The lowest BCUT2D eigenvalue weighted by Crippen LogP contribution is -2.48. The summed E-state index contributed by atoms with van der Waals surface area (Å²) >= 11 is 0. The Bertz CT molecular complexity index is 1120. The van der Waals surface area contributed by atoms with E-state index in [9.17, 15) is 18.0 Å². The normalized spacial score (nSPS) is 17.4. The quantitative estimate of drug-likeness (QED) is 0.520. The largest absolute Gasteiger partial charge is 0.478 e. The summed E-state index contributed by atoms with van der Waals surface area (Å²) in [5, 5.41) is 9.66. The van der Waals surface area contributed by atoms with Gasteiger partial charge in [0.25, 0.3) is 0 Å². The van der Waals surface area contributed by atoms with Crippen LogP contribution in [-0.2, 0) is 6.54 Å². The Hall–Kier alpha value is -2.84. The number of H-pyrrole nitrogens is 1. The highest BCUT2D eigenvalue weighted by atomic mass is 19.4. The van der Waals surface area contributed by atoms with E-state index in [-0.39, 0.29) is 0 Å². The molecule has 0 amide bonds. The first kappa shape index (κ1) is 24.3. The van der Waals surface area contributed by atoms with Gasteiger partial charge in [0.1, 0.15) is 0 Å². The number of fused-ring (bicyclic) bond motifs is 1. The molecule has 2 heterocycles. The minimum atomic E-state index is -4.10. The van der Waals surface area contributed by atoms with Crippen molar-refractivity contribution in [3.8, 4) is 0 Å². The fourth-order valence-corrected chi connectivity index (χ4v) is 4.59. The number of carboxylic acid groups (broad SMARTS) is 1. The maximum absolute atomic E-state index is 12.6. The predicted molar refractivity (Wildman–Crippen MR) is 126 cm³/mol. The molecule has 0 unspecified atom stereocenters. The lowest BCUT2D eigenvalue weighted by atomic mass is 9.95. The van der Waals surface area contributed by atoms with Crippen molar-refractivity contribution in [3.05, 3.63) is 70.9 Å². The summed E-state index contributed by atoms with van der Waals surface area (Å²) in [5.74, 6) is -0.213. The van der Waals surface area contributed by atoms with E-state index < -0.39 is 18.7 Å². The number of hydrogen-bond acceptors (Lipinski definition) is 3. The van der Waals surface area contributed by atoms with Gasteiger partial charge in [-0.05, 0) is 60.6 Å². The summed E-state index contributed by atoms with van der Waals surface area (Å²) in [6, 6.07) is 12.7. The number of halogens is 3. The molecule has 182 valence electrons. The molecule has 1 aromatic heterocycles. The van der Waals surface area contributed by atoms with Gasteiger partial charge in [-0.25, -0.2) is 4.79 Å². The lowest BCUT2D eigenvalue weighted by molar-refractivity contribution is -0.149. The fraction of sp³-hybridized carbons (Fsp3) is 0.423. The van der Waals surface area contributed by atoms with E-state index in [0.29, 0.717) is 37.7 Å². The van der Waals surface area contributed by atoms with Crippen LogP contribution >= 0.6 is 0 Å². The summed E-state index contributed by atoms with van der Waals surface area (Å²) in [5.41, 5.74) is 5.61. The van der Waals surface area contributed by atoms with E-state index in [4.69, 9.17) is 5.11 Å². The van der Waals surface area contributed by atoms with E-state index in [1.54, 1.807) is 30.3 Å². The van der Waals surface area contributed by atoms with Crippen molar-refractivity contribution in [3.63, 3.8) is 0 Å². The first-order chi connectivity index (χ1) is 16.2. The third kappa shape index (κ3) is 6.18. The molecule has 2 aromatic carbocycles. The summed E-state index contributed by atoms with van der Waals surface area (Å²) in [6.07, 6.45) is 0.387. The lowest BCUT2D eigenvalue weighted by Gasteiger charge is -2.35. The van der Waals surface area contributed by atoms with Crippen molar-refractivity contribution in [2.75, 3.05) is 32.7 Å². The van der Waals surface area contributed by atoms with Crippen LogP contribution in [0, 0.1) is 6.92 Å². The Labute approximate surface area is 197 Å². The number of benzene rings is 2. The molecule has 1 aliphatic heterocycles. The molecule has 2 N–H and O–H groups in total. The van der Waals surface area contributed by atoms with Crippen LogP contribution in [0.5, 0.6) is 0 Å². The Morgan fingerprint density at radius 3 is 2.26 bits per heavy atom. The molecule has 2 fully saturated rings. The van der Waals surface area contributed by atoms with Gasteiger partial charge in [0.05, 0.1) is 12.1 Å². The third-order valence-electron chi connectivity index (χ3n) is 6.47. The molecule has 0 bridgehead atoms. The predicted octanol–water partition coefficient (Wildman–Crippen LogP) is 5.42. The first-order valence-electron chi connectivity index (χ1n) is 11.6. The minimum absolute atomic E-state index is 0.331. The van der Waals surface area contributed by atoms with Crippen molar-refractivity contribution >= 4 is 16.9 Å². The van der Waals surface area contributed by atoms with Crippen LogP contribution in [0.15, 0.2) is 48.7 Å². The summed E-state index contributed by atoms with van der Waals surface area (Å²) in [6.45, 7) is 4.55. The third-order valence-corrected chi connectivity index (χ3v) is 6.47. The van der Waals surface area contributed by atoms with Gasteiger partial charge < -0.3 is 10.1 Å². The number of alkyl halides is 3. The molecule has 5 rings (SSSR count). The van der Waals surface area contributed by atoms with E-state index in [2.05, 4.69) is 28.9 Å². The second-order valence-electron chi connectivity index (χ2n) is 9.14. The molecule has 2 aliphatic rings. The second kappa shape index (κ2) is 10.2. The van der Waals surface area contributed by atoms with Gasteiger partial charge in [0, 0.05) is 49.8 Å².